The molecule has 1 unspecified atom stereocenters. The molecular weight excluding hydrogens is 581 g/mol. The fraction of sp³-hybridized carbons (Fsp3) is 0.294. The normalized spacial score (nSPS) is 15.8. The van der Waals surface area contributed by atoms with Crippen molar-refractivity contribution in [3.05, 3.63) is 101 Å². The van der Waals surface area contributed by atoms with E-state index in [1.165, 1.54) is 48.5 Å². The number of hydrogen-bond acceptors (Lipinski definition) is 8. The molecule has 10 nitrogen and oxygen atoms in total. The summed E-state index contributed by atoms with van der Waals surface area (Å²) in [6.07, 6.45) is 1.83. The van der Waals surface area contributed by atoms with E-state index in [9.17, 15) is 28.7 Å². The first-order chi connectivity index (χ1) is 21.5. The number of quaternary nitrogens is 1. The number of Topliss-reactive ketones (excluding diaryl/α,β-unsaturated/α-hetero) is 1. The Labute approximate surface area is 261 Å². The predicted molar refractivity (Wildman–Crippen MR) is 165 cm³/mol. The van der Waals surface area contributed by atoms with E-state index in [1.807, 2.05) is 12.1 Å². The molecular formula is C34H36FN3O7. The van der Waals surface area contributed by atoms with Crippen molar-refractivity contribution < 1.29 is 38.5 Å². The Morgan fingerprint density at radius 2 is 1.49 bits per heavy atom. The first kappa shape index (κ1) is 33.2. The highest BCUT2D eigenvalue weighted by Gasteiger charge is 2.44. The number of amides is 1. The van der Waals surface area contributed by atoms with Crippen LogP contribution in [0.1, 0.15) is 39.1 Å². The Morgan fingerprint density at radius 3 is 2.00 bits per heavy atom. The lowest BCUT2D eigenvalue weighted by molar-refractivity contribution is -0.295. The van der Waals surface area contributed by atoms with Gasteiger partial charge in [0.2, 0.25) is 0 Å². The van der Waals surface area contributed by atoms with Gasteiger partial charge in [0.05, 0.1) is 25.2 Å². The van der Waals surface area contributed by atoms with Gasteiger partial charge in [-0.15, -0.1) is 9.60 Å². The number of benzene rings is 3. The van der Waals surface area contributed by atoms with Crippen LogP contribution in [0.15, 0.2) is 78.9 Å². The van der Waals surface area contributed by atoms with Crippen LogP contribution in [-0.2, 0) is 9.59 Å². The number of carboxylic acids is 2. The van der Waals surface area contributed by atoms with E-state index in [2.05, 4.69) is 4.90 Å². The van der Waals surface area contributed by atoms with Gasteiger partial charge in [-0.3, -0.25) is 9.69 Å². The molecule has 0 radical (unpaired) electrons. The summed E-state index contributed by atoms with van der Waals surface area (Å²) in [6.45, 7) is 2.18. The average molecular weight is 618 g/mol. The van der Waals surface area contributed by atoms with E-state index >= 15 is 0 Å². The molecule has 1 amide bonds. The number of rotatable bonds is 12. The van der Waals surface area contributed by atoms with Crippen LogP contribution in [0.2, 0.25) is 0 Å². The third kappa shape index (κ3) is 7.51. The Hall–Kier alpha value is -4.71. The average Bonchev–Trinajstić information content (AvgIpc) is 3.04. The molecule has 0 aromatic heterocycles. The molecule has 4 rings (SSSR count). The summed E-state index contributed by atoms with van der Waals surface area (Å²) in [6, 6.07) is 18.5. The highest BCUT2D eigenvalue weighted by atomic mass is 19.1. The van der Waals surface area contributed by atoms with Gasteiger partial charge in [0, 0.05) is 49.4 Å². The second kappa shape index (κ2) is 14.4. The maximum atomic E-state index is 14.4. The lowest BCUT2D eigenvalue weighted by Crippen LogP contribution is -2.65. The van der Waals surface area contributed by atoms with Crippen LogP contribution < -0.4 is 14.4 Å². The lowest BCUT2D eigenvalue weighted by Gasteiger charge is -2.41. The first-order valence-electron chi connectivity index (χ1n) is 14.5. The summed E-state index contributed by atoms with van der Waals surface area (Å²) in [7, 11) is 5.15. The lowest BCUT2D eigenvalue weighted by atomic mass is 9.89. The number of piperidine rings is 1. The van der Waals surface area contributed by atoms with Crippen molar-refractivity contribution >= 4 is 34.9 Å². The van der Waals surface area contributed by atoms with Crippen LogP contribution in [0.3, 0.4) is 0 Å². The number of ketones is 1. The molecule has 1 aliphatic heterocycles. The molecule has 0 aliphatic carbocycles. The maximum absolute atomic E-state index is 14.4. The van der Waals surface area contributed by atoms with E-state index in [1.54, 1.807) is 38.3 Å². The number of halogens is 1. The van der Waals surface area contributed by atoms with Crippen LogP contribution in [0.25, 0.3) is 5.57 Å². The molecule has 1 atom stereocenters. The van der Waals surface area contributed by atoms with Crippen molar-refractivity contribution in [3.63, 3.8) is 0 Å². The first-order valence-corrected chi connectivity index (χ1v) is 14.5. The summed E-state index contributed by atoms with van der Waals surface area (Å²) in [5.74, 6) is -3.27. The summed E-state index contributed by atoms with van der Waals surface area (Å²) < 4.78 is 18.4. The molecule has 3 aromatic rings. The van der Waals surface area contributed by atoms with Crippen LogP contribution in [0, 0.1) is 11.7 Å². The van der Waals surface area contributed by atoms with E-state index < -0.39 is 17.5 Å². The van der Waals surface area contributed by atoms with Crippen molar-refractivity contribution in [2.45, 2.75) is 12.8 Å². The van der Waals surface area contributed by atoms with Gasteiger partial charge in [0.15, 0.2) is 11.5 Å². The SMILES string of the molecule is COc1ccc([N+](CCN2CCC(C(=O)c3ccc(F)cc3)CC2)(C(=O)c2ccc(/C(=C/C(=O)O)C(=O)[O-])cc2)N(C)C)cc1. The summed E-state index contributed by atoms with van der Waals surface area (Å²) in [5.41, 5.74) is 1.06. The van der Waals surface area contributed by atoms with Gasteiger partial charge in [0.1, 0.15) is 18.1 Å². The number of aliphatic carboxylic acids is 2. The second-order valence-electron chi connectivity index (χ2n) is 11.1. The van der Waals surface area contributed by atoms with Gasteiger partial charge < -0.3 is 19.7 Å². The quantitative estimate of drug-likeness (QED) is 0.141. The minimum Gasteiger partial charge on any atom is -0.545 e. The van der Waals surface area contributed by atoms with Gasteiger partial charge >= 0.3 is 11.9 Å². The largest absolute Gasteiger partial charge is 0.545 e. The molecule has 0 bridgehead atoms. The molecule has 3 aromatic carbocycles. The molecule has 1 aliphatic rings. The number of carboxylic acid groups (broad SMARTS) is 2. The number of methoxy groups -OCH3 is 1. The maximum Gasteiger partial charge on any atom is 0.370 e. The molecule has 0 spiro atoms. The second-order valence-corrected chi connectivity index (χ2v) is 11.1. The number of nitrogens with zero attached hydrogens (tertiary/aromatic N) is 3. The minimum atomic E-state index is -1.64. The van der Waals surface area contributed by atoms with Crippen molar-refractivity contribution in [1.29, 1.82) is 0 Å². The molecule has 1 fully saturated rings. The van der Waals surface area contributed by atoms with Crippen LogP contribution >= 0.6 is 0 Å². The molecule has 1 heterocycles. The monoisotopic (exact) mass is 617 g/mol. The standard InChI is InChI=1S/C34H36FN3O7/c1-36(2)38(28-12-14-29(45-3)15-13-28,33(42)26-6-4-23(5-7-26)30(34(43)44)22-31(39)40)21-20-37-18-16-25(17-19-37)32(41)24-8-10-27(35)11-9-24/h4-15,22,25H,16-21H2,1-3H3,(H-,39,40,43,44)/b30-22-. The van der Waals surface area contributed by atoms with Crippen molar-refractivity contribution in [3.8, 4) is 5.75 Å². The topological polar surface area (TPSA) is 127 Å². The predicted octanol–water partition coefficient (Wildman–Crippen LogP) is 3.27. The molecule has 0 saturated carbocycles. The smallest absolute Gasteiger partial charge is 0.370 e. The number of carbonyl (C=O) groups is 4. The van der Waals surface area contributed by atoms with Gasteiger partial charge in [0.25, 0.3) is 0 Å². The fourth-order valence-corrected chi connectivity index (χ4v) is 5.73. The van der Waals surface area contributed by atoms with E-state index in [0.29, 0.717) is 67.7 Å². The van der Waals surface area contributed by atoms with E-state index in [-0.39, 0.29) is 33.6 Å². The molecule has 236 valence electrons. The van der Waals surface area contributed by atoms with Gasteiger partial charge in [-0.1, -0.05) is 12.1 Å². The molecule has 11 heteroatoms. The third-order valence-electron chi connectivity index (χ3n) is 8.28. The zero-order valence-electron chi connectivity index (χ0n) is 25.4. The molecule has 1 N–H and O–H groups in total. The number of likely N-dealkylation sites (tertiary alicyclic amines) is 1. The Balaban J connectivity index is 1.58. The molecule has 45 heavy (non-hydrogen) atoms. The Bertz CT molecular complexity index is 1560. The minimum absolute atomic E-state index is 0.00460. The highest BCUT2D eigenvalue weighted by molar-refractivity contribution is 6.18. The zero-order chi connectivity index (χ0) is 32.7. The summed E-state index contributed by atoms with van der Waals surface area (Å²) in [5, 5.41) is 22.4. The third-order valence-corrected chi connectivity index (χ3v) is 8.28. The zero-order valence-corrected chi connectivity index (χ0v) is 25.4. The van der Waals surface area contributed by atoms with Crippen LogP contribution in [-0.4, -0.2) is 86.0 Å². The van der Waals surface area contributed by atoms with E-state index in [4.69, 9.17) is 9.84 Å². The highest BCUT2D eigenvalue weighted by Crippen LogP contribution is 2.31. The van der Waals surface area contributed by atoms with Gasteiger partial charge in [-0.25, -0.2) is 14.0 Å². The number of carbonyl (C=O) groups excluding carboxylic acids is 3. The number of ether oxygens (including phenoxy) is 1. The van der Waals surface area contributed by atoms with E-state index in [0.717, 1.165) is 0 Å². The molecule has 1 saturated heterocycles. The van der Waals surface area contributed by atoms with Crippen molar-refractivity contribution in [2.75, 3.05) is 47.4 Å². The van der Waals surface area contributed by atoms with Crippen molar-refractivity contribution in [1.82, 2.24) is 14.5 Å². The van der Waals surface area contributed by atoms with Crippen LogP contribution in [0.5, 0.6) is 5.75 Å². The number of hydrogen-bond donors (Lipinski definition) is 1. The van der Waals surface area contributed by atoms with Crippen molar-refractivity contribution in [2.24, 2.45) is 5.92 Å². The Morgan fingerprint density at radius 1 is 0.933 bits per heavy atom. The van der Waals surface area contributed by atoms with Gasteiger partial charge in [-0.2, -0.15) is 0 Å². The van der Waals surface area contributed by atoms with Gasteiger partial charge in [-0.05, 0) is 80.0 Å². The summed E-state index contributed by atoms with van der Waals surface area (Å²) >= 11 is 0. The summed E-state index contributed by atoms with van der Waals surface area (Å²) in [4.78, 5) is 52.3. The Kier molecular flexibility index (Phi) is 10.6. The van der Waals surface area contributed by atoms with Crippen LogP contribution in [0.4, 0.5) is 10.1 Å². The fourth-order valence-electron chi connectivity index (χ4n) is 5.73.